The SMILES string of the molecule is Nc1nc(-c2ccccc2)nc(-c2ccccc2)c1CC(C(=O)O)c1ccccc1. The van der Waals surface area contributed by atoms with Gasteiger partial charge >= 0.3 is 5.97 Å². The maximum Gasteiger partial charge on any atom is 0.311 e. The van der Waals surface area contributed by atoms with Gasteiger partial charge in [0.25, 0.3) is 0 Å². The summed E-state index contributed by atoms with van der Waals surface area (Å²) in [6.07, 6.45) is 0.199. The molecule has 4 rings (SSSR count). The van der Waals surface area contributed by atoms with E-state index in [-0.39, 0.29) is 6.42 Å². The molecule has 4 aromatic rings. The van der Waals surface area contributed by atoms with Crippen molar-refractivity contribution < 1.29 is 9.90 Å². The van der Waals surface area contributed by atoms with Crippen molar-refractivity contribution in [3.8, 4) is 22.6 Å². The van der Waals surface area contributed by atoms with Gasteiger partial charge in [0.1, 0.15) is 5.82 Å². The first-order valence-electron chi connectivity index (χ1n) is 9.68. The summed E-state index contributed by atoms with van der Waals surface area (Å²) in [5.74, 6) is -0.846. The highest BCUT2D eigenvalue weighted by atomic mass is 16.4. The van der Waals surface area contributed by atoms with Gasteiger partial charge in [0.2, 0.25) is 0 Å². The number of anilines is 1. The van der Waals surface area contributed by atoms with Crippen LogP contribution in [0.15, 0.2) is 91.0 Å². The molecule has 0 saturated heterocycles. The number of nitrogens with zero attached hydrogens (tertiary/aromatic N) is 2. The van der Waals surface area contributed by atoms with Crippen LogP contribution in [0.25, 0.3) is 22.6 Å². The first kappa shape index (κ1) is 19.3. The molecule has 5 heteroatoms. The van der Waals surface area contributed by atoms with Gasteiger partial charge in [0, 0.05) is 16.7 Å². The molecular weight excluding hydrogens is 374 g/mol. The van der Waals surface area contributed by atoms with E-state index in [1.807, 2.05) is 91.0 Å². The van der Waals surface area contributed by atoms with Gasteiger partial charge < -0.3 is 10.8 Å². The maximum atomic E-state index is 12.1. The van der Waals surface area contributed by atoms with E-state index in [1.165, 1.54) is 0 Å². The van der Waals surface area contributed by atoms with Crippen molar-refractivity contribution in [1.82, 2.24) is 9.97 Å². The molecule has 1 heterocycles. The highest BCUT2D eigenvalue weighted by Crippen LogP contribution is 2.32. The van der Waals surface area contributed by atoms with Crippen LogP contribution in [0.4, 0.5) is 5.82 Å². The fourth-order valence-electron chi connectivity index (χ4n) is 3.49. The van der Waals surface area contributed by atoms with Crippen molar-refractivity contribution in [1.29, 1.82) is 0 Å². The van der Waals surface area contributed by atoms with Gasteiger partial charge in [-0.2, -0.15) is 0 Å². The average molecular weight is 395 g/mol. The van der Waals surface area contributed by atoms with Crippen LogP contribution in [0.5, 0.6) is 0 Å². The Bertz CT molecular complexity index is 1150. The van der Waals surface area contributed by atoms with E-state index in [1.54, 1.807) is 0 Å². The molecule has 1 unspecified atom stereocenters. The Morgan fingerprint density at radius 2 is 1.33 bits per heavy atom. The lowest BCUT2D eigenvalue weighted by molar-refractivity contribution is -0.138. The van der Waals surface area contributed by atoms with Gasteiger partial charge in [-0.15, -0.1) is 0 Å². The fraction of sp³-hybridized carbons (Fsp3) is 0.0800. The van der Waals surface area contributed by atoms with Crippen LogP contribution in [0.2, 0.25) is 0 Å². The summed E-state index contributed by atoms with van der Waals surface area (Å²) in [7, 11) is 0. The minimum Gasteiger partial charge on any atom is -0.481 e. The molecule has 3 N–H and O–H groups in total. The van der Waals surface area contributed by atoms with Gasteiger partial charge in [-0.3, -0.25) is 4.79 Å². The summed E-state index contributed by atoms with van der Waals surface area (Å²) in [5.41, 5.74) is 10.1. The Morgan fingerprint density at radius 1 is 0.800 bits per heavy atom. The summed E-state index contributed by atoms with van der Waals surface area (Å²) in [4.78, 5) is 21.4. The largest absolute Gasteiger partial charge is 0.481 e. The van der Waals surface area contributed by atoms with E-state index in [9.17, 15) is 9.90 Å². The quantitative estimate of drug-likeness (QED) is 0.489. The average Bonchev–Trinajstić information content (AvgIpc) is 2.79. The number of rotatable bonds is 6. The third-order valence-electron chi connectivity index (χ3n) is 5.03. The fourth-order valence-corrected chi connectivity index (χ4v) is 3.49. The van der Waals surface area contributed by atoms with Crippen LogP contribution < -0.4 is 5.73 Å². The van der Waals surface area contributed by atoms with Gasteiger partial charge in [0.05, 0.1) is 11.6 Å². The van der Waals surface area contributed by atoms with E-state index in [0.29, 0.717) is 22.9 Å². The van der Waals surface area contributed by atoms with Crippen molar-refractivity contribution in [2.75, 3.05) is 5.73 Å². The molecule has 1 aromatic heterocycles. The zero-order chi connectivity index (χ0) is 20.9. The lowest BCUT2D eigenvalue weighted by atomic mass is 9.90. The minimum absolute atomic E-state index is 0.199. The van der Waals surface area contributed by atoms with E-state index >= 15 is 0 Å². The molecule has 0 radical (unpaired) electrons. The Hall–Kier alpha value is -3.99. The number of carboxylic acids is 1. The highest BCUT2D eigenvalue weighted by molar-refractivity contribution is 5.79. The monoisotopic (exact) mass is 395 g/mol. The van der Waals surface area contributed by atoms with Crippen LogP contribution in [-0.4, -0.2) is 21.0 Å². The molecular formula is C25H21N3O2. The highest BCUT2D eigenvalue weighted by Gasteiger charge is 2.25. The third-order valence-corrected chi connectivity index (χ3v) is 5.03. The number of carbonyl (C=O) groups is 1. The standard InChI is InChI=1S/C25H21N3O2/c26-23-21(16-20(25(29)30)17-10-4-1-5-11-17)22(18-12-6-2-7-13-18)27-24(28-23)19-14-8-3-9-15-19/h1-15,20H,16H2,(H,29,30)(H2,26,27,28). The van der Waals surface area contributed by atoms with Gasteiger partial charge in [-0.05, 0) is 12.0 Å². The summed E-state index contributed by atoms with van der Waals surface area (Å²) in [6.45, 7) is 0. The van der Waals surface area contributed by atoms with Crippen LogP contribution in [0.1, 0.15) is 17.0 Å². The summed E-state index contributed by atoms with van der Waals surface area (Å²) < 4.78 is 0. The van der Waals surface area contributed by atoms with Crippen LogP contribution >= 0.6 is 0 Å². The van der Waals surface area contributed by atoms with Crippen LogP contribution in [-0.2, 0) is 11.2 Å². The molecule has 0 spiro atoms. The molecule has 0 aliphatic rings. The second-order valence-electron chi connectivity index (χ2n) is 7.00. The van der Waals surface area contributed by atoms with Crippen molar-refractivity contribution in [3.63, 3.8) is 0 Å². The number of nitrogen functional groups attached to an aromatic ring is 1. The molecule has 0 aliphatic heterocycles. The summed E-state index contributed by atoms with van der Waals surface area (Å²) in [6, 6.07) is 28.4. The normalized spacial score (nSPS) is 11.7. The minimum atomic E-state index is -0.910. The predicted molar refractivity (Wildman–Crippen MR) is 118 cm³/mol. The van der Waals surface area contributed by atoms with Crippen molar-refractivity contribution in [2.24, 2.45) is 0 Å². The van der Waals surface area contributed by atoms with Gasteiger partial charge in [-0.25, -0.2) is 9.97 Å². The number of hydrogen-bond acceptors (Lipinski definition) is 4. The third kappa shape index (κ3) is 4.05. The van der Waals surface area contributed by atoms with Crippen molar-refractivity contribution in [3.05, 3.63) is 102 Å². The van der Waals surface area contributed by atoms with E-state index < -0.39 is 11.9 Å². The zero-order valence-corrected chi connectivity index (χ0v) is 16.3. The molecule has 0 saturated carbocycles. The number of aromatic nitrogens is 2. The molecule has 0 amide bonds. The zero-order valence-electron chi connectivity index (χ0n) is 16.3. The number of aliphatic carboxylic acids is 1. The van der Waals surface area contributed by atoms with E-state index in [2.05, 4.69) is 4.98 Å². The number of hydrogen-bond donors (Lipinski definition) is 2. The Morgan fingerprint density at radius 3 is 1.90 bits per heavy atom. The second kappa shape index (κ2) is 8.57. The number of benzene rings is 3. The van der Waals surface area contributed by atoms with Crippen molar-refractivity contribution >= 4 is 11.8 Å². The summed E-state index contributed by atoms with van der Waals surface area (Å²) >= 11 is 0. The Balaban J connectivity index is 1.85. The second-order valence-corrected chi connectivity index (χ2v) is 7.00. The molecule has 5 nitrogen and oxygen atoms in total. The molecule has 0 fully saturated rings. The van der Waals surface area contributed by atoms with E-state index in [4.69, 9.17) is 10.7 Å². The molecule has 30 heavy (non-hydrogen) atoms. The first-order chi connectivity index (χ1) is 14.6. The van der Waals surface area contributed by atoms with Crippen molar-refractivity contribution in [2.45, 2.75) is 12.3 Å². The molecule has 148 valence electrons. The summed E-state index contributed by atoms with van der Waals surface area (Å²) in [5, 5.41) is 9.89. The topological polar surface area (TPSA) is 89.1 Å². The lowest BCUT2D eigenvalue weighted by Crippen LogP contribution is -2.17. The molecule has 1 atom stereocenters. The maximum absolute atomic E-state index is 12.1. The Kier molecular flexibility index (Phi) is 5.52. The molecule has 3 aromatic carbocycles. The molecule has 0 aliphatic carbocycles. The smallest absolute Gasteiger partial charge is 0.311 e. The first-order valence-corrected chi connectivity index (χ1v) is 9.68. The number of nitrogens with two attached hydrogens (primary N) is 1. The number of carboxylic acid groups (broad SMARTS) is 1. The van der Waals surface area contributed by atoms with Crippen LogP contribution in [0, 0.1) is 0 Å². The Labute approximate surface area is 174 Å². The van der Waals surface area contributed by atoms with Crippen LogP contribution in [0.3, 0.4) is 0 Å². The predicted octanol–water partition coefficient (Wildman–Crippen LogP) is 4.80. The van der Waals surface area contributed by atoms with Gasteiger partial charge in [-0.1, -0.05) is 91.0 Å². The lowest BCUT2D eigenvalue weighted by Gasteiger charge is -2.18. The van der Waals surface area contributed by atoms with Gasteiger partial charge in [0.15, 0.2) is 5.82 Å². The van der Waals surface area contributed by atoms with E-state index in [0.717, 1.165) is 16.7 Å². The molecule has 0 bridgehead atoms.